The van der Waals surface area contributed by atoms with Gasteiger partial charge in [-0.25, -0.2) is 0 Å². The standard InChI is InChI=1S/C15H15N7OS/c1-3-8-22-13(19-21-15(22)24)10-4-6-11(7-5-10)17-18-12-9(2)16-20-14(12)23/h3-7H,1,8H2,2H3,(H,21,24)(H2,16,20,23). The van der Waals surface area contributed by atoms with Crippen LogP contribution >= 0.6 is 12.2 Å². The Labute approximate surface area is 142 Å². The molecule has 122 valence electrons. The van der Waals surface area contributed by atoms with Crippen molar-refractivity contribution in [3.8, 4) is 11.4 Å². The summed E-state index contributed by atoms with van der Waals surface area (Å²) in [6, 6.07) is 7.33. The molecule has 0 atom stereocenters. The number of azo groups is 1. The number of nitrogens with one attached hydrogen (secondary N) is 3. The van der Waals surface area contributed by atoms with Crippen molar-refractivity contribution in [2.45, 2.75) is 13.5 Å². The number of aryl methyl sites for hydroxylation is 1. The lowest BCUT2D eigenvalue weighted by molar-refractivity contribution is 0.814. The van der Waals surface area contributed by atoms with Crippen molar-refractivity contribution in [1.29, 1.82) is 0 Å². The Balaban J connectivity index is 1.88. The molecule has 3 rings (SSSR count). The van der Waals surface area contributed by atoms with Gasteiger partial charge in [-0.2, -0.15) is 10.2 Å². The number of nitrogens with zero attached hydrogens (tertiary/aromatic N) is 4. The second-order valence-electron chi connectivity index (χ2n) is 5.05. The largest absolute Gasteiger partial charge is 0.300 e. The van der Waals surface area contributed by atoms with Crippen molar-refractivity contribution in [2.75, 3.05) is 0 Å². The van der Waals surface area contributed by atoms with Crippen molar-refractivity contribution >= 4 is 23.6 Å². The lowest BCUT2D eigenvalue weighted by Gasteiger charge is -2.03. The quantitative estimate of drug-likeness (QED) is 0.375. The second kappa shape index (κ2) is 6.59. The number of benzene rings is 1. The van der Waals surface area contributed by atoms with Gasteiger partial charge in [0.1, 0.15) is 0 Å². The fourth-order valence-corrected chi connectivity index (χ4v) is 2.39. The van der Waals surface area contributed by atoms with Crippen molar-refractivity contribution < 1.29 is 0 Å². The number of aromatic amines is 3. The van der Waals surface area contributed by atoms with Crippen LogP contribution in [0.1, 0.15) is 5.69 Å². The first-order chi connectivity index (χ1) is 11.6. The molecule has 0 saturated carbocycles. The Morgan fingerprint density at radius 3 is 2.67 bits per heavy atom. The normalized spacial score (nSPS) is 11.2. The number of hydrogen-bond acceptors (Lipinski definition) is 5. The van der Waals surface area contributed by atoms with E-state index in [9.17, 15) is 4.79 Å². The first kappa shape index (κ1) is 15.8. The van der Waals surface area contributed by atoms with Crippen LogP contribution in [0, 0.1) is 11.7 Å². The summed E-state index contributed by atoms with van der Waals surface area (Å²) in [7, 11) is 0. The van der Waals surface area contributed by atoms with Gasteiger partial charge >= 0.3 is 0 Å². The maximum Gasteiger partial charge on any atom is 0.291 e. The van der Waals surface area contributed by atoms with E-state index in [1.54, 1.807) is 25.1 Å². The van der Waals surface area contributed by atoms with Crippen LogP contribution in [-0.2, 0) is 6.54 Å². The molecule has 0 aliphatic rings. The third kappa shape index (κ3) is 3.01. The van der Waals surface area contributed by atoms with Gasteiger partial charge in [-0.05, 0) is 43.4 Å². The molecule has 0 aliphatic heterocycles. The molecule has 9 heteroatoms. The molecule has 0 fully saturated rings. The van der Waals surface area contributed by atoms with E-state index in [1.165, 1.54) is 0 Å². The number of allylic oxidation sites excluding steroid dienone is 1. The van der Waals surface area contributed by atoms with Gasteiger partial charge < -0.3 is 5.10 Å². The van der Waals surface area contributed by atoms with Crippen LogP contribution in [0.3, 0.4) is 0 Å². The van der Waals surface area contributed by atoms with Gasteiger partial charge in [-0.1, -0.05) is 6.08 Å². The maximum atomic E-state index is 11.5. The molecule has 2 aromatic heterocycles. The van der Waals surface area contributed by atoms with E-state index in [2.05, 4.69) is 37.2 Å². The second-order valence-corrected chi connectivity index (χ2v) is 5.44. The summed E-state index contributed by atoms with van der Waals surface area (Å²) in [5.41, 5.74) is 2.13. The van der Waals surface area contributed by atoms with Crippen LogP contribution in [0.2, 0.25) is 0 Å². The average molecular weight is 341 g/mol. The van der Waals surface area contributed by atoms with Crippen molar-refractivity contribution in [2.24, 2.45) is 10.2 Å². The van der Waals surface area contributed by atoms with E-state index in [0.29, 0.717) is 22.7 Å². The van der Waals surface area contributed by atoms with Crippen molar-refractivity contribution in [3.63, 3.8) is 0 Å². The van der Waals surface area contributed by atoms with Crippen LogP contribution in [0.5, 0.6) is 0 Å². The molecule has 0 radical (unpaired) electrons. The zero-order valence-corrected chi connectivity index (χ0v) is 13.7. The van der Waals surface area contributed by atoms with Crippen molar-refractivity contribution in [3.05, 3.63) is 57.7 Å². The van der Waals surface area contributed by atoms with Crippen LogP contribution < -0.4 is 5.56 Å². The number of H-pyrrole nitrogens is 3. The van der Waals surface area contributed by atoms with Gasteiger partial charge in [0, 0.05) is 12.1 Å². The highest BCUT2D eigenvalue weighted by molar-refractivity contribution is 7.71. The van der Waals surface area contributed by atoms with Crippen LogP contribution in [0.4, 0.5) is 11.4 Å². The SMILES string of the molecule is C=CCn1c(-c2ccc(N=Nc3c(C)[nH][nH]c3=O)cc2)n[nH]c1=S. The third-order valence-electron chi connectivity index (χ3n) is 3.39. The molecular weight excluding hydrogens is 326 g/mol. The minimum absolute atomic E-state index is 0.269. The molecule has 0 unspecified atom stereocenters. The lowest BCUT2D eigenvalue weighted by Crippen LogP contribution is -1.98. The highest BCUT2D eigenvalue weighted by atomic mass is 32.1. The molecule has 0 spiro atoms. The Hall–Kier alpha value is -3.07. The van der Waals surface area contributed by atoms with Gasteiger partial charge in [0.05, 0.1) is 11.4 Å². The lowest BCUT2D eigenvalue weighted by atomic mass is 10.2. The molecule has 8 nitrogen and oxygen atoms in total. The molecule has 1 aromatic carbocycles. The van der Waals surface area contributed by atoms with Gasteiger partial charge in [0.15, 0.2) is 16.3 Å². The molecule has 3 aromatic rings. The summed E-state index contributed by atoms with van der Waals surface area (Å²) in [6.07, 6.45) is 1.76. The Morgan fingerprint density at radius 2 is 2.04 bits per heavy atom. The molecule has 0 saturated heterocycles. The summed E-state index contributed by atoms with van der Waals surface area (Å²) in [4.78, 5) is 11.5. The van der Waals surface area contributed by atoms with Crippen molar-refractivity contribution in [1.82, 2.24) is 25.0 Å². The minimum Gasteiger partial charge on any atom is -0.300 e. The van der Waals surface area contributed by atoms with Gasteiger partial charge in [-0.15, -0.1) is 11.7 Å². The highest BCUT2D eigenvalue weighted by Gasteiger charge is 2.08. The fraction of sp³-hybridized carbons (Fsp3) is 0.133. The first-order valence-electron chi connectivity index (χ1n) is 7.15. The van der Waals surface area contributed by atoms with Gasteiger partial charge in [-0.3, -0.25) is 19.6 Å². The van der Waals surface area contributed by atoms with E-state index >= 15 is 0 Å². The molecule has 24 heavy (non-hydrogen) atoms. The van der Waals surface area contributed by atoms with E-state index in [4.69, 9.17) is 12.2 Å². The summed E-state index contributed by atoms with van der Waals surface area (Å²) < 4.78 is 2.39. The summed E-state index contributed by atoms with van der Waals surface area (Å²) >= 11 is 5.20. The Kier molecular flexibility index (Phi) is 4.34. The van der Waals surface area contributed by atoms with Gasteiger partial charge in [0.2, 0.25) is 0 Å². The maximum absolute atomic E-state index is 11.5. The number of rotatable bonds is 5. The summed E-state index contributed by atoms with van der Waals surface area (Å²) in [5.74, 6) is 0.723. The number of hydrogen-bond donors (Lipinski definition) is 3. The van der Waals surface area contributed by atoms with Crippen LogP contribution in [0.15, 0.2) is 51.9 Å². The summed E-state index contributed by atoms with van der Waals surface area (Å²) in [5, 5.41) is 20.2. The molecule has 0 amide bonds. The number of aromatic nitrogens is 5. The average Bonchev–Trinajstić information content (AvgIpc) is 3.10. The van der Waals surface area contributed by atoms with E-state index in [1.807, 2.05) is 16.7 Å². The fourth-order valence-electron chi connectivity index (χ4n) is 2.18. The zero-order valence-electron chi connectivity index (χ0n) is 12.9. The first-order valence-corrected chi connectivity index (χ1v) is 7.56. The Bertz CT molecular complexity index is 1000. The highest BCUT2D eigenvalue weighted by Crippen LogP contribution is 2.23. The molecule has 0 aliphatic carbocycles. The third-order valence-corrected chi connectivity index (χ3v) is 3.71. The Morgan fingerprint density at radius 1 is 1.29 bits per heavy atom. The van der Waals surface area contributed by atoms with Gasteiger partial charge in [0.25, 0.3) is 5.56 Å². The smallest absolute Gasteiger partial charge is 0.291 e. The molecular formula is C15H15N7OS. The van der Waals surface area contributed by atoms with E-state index < -0.39 is 0 Å². The topological polar surface area (TPSA) is 107 Å². The minimum atomic E-state index is -0.298. The predicted molar refractivity (Wildman–Crippen MR) is 93.4 cm³/mol. The van der Waals surface area contributed by atoms with E-state index in [-0.39, 0.29) is 11.2 Å². The monoisotopic (exact) mass is 341 g/mol. The van der Waals surface area contributed by atoms with Crippen LogP contribution in [-0.4, -0.2) is 25.0 Å². The zero-order chi connectivity index (χ0) is 17.1. The molecule has 0 bridgehead atoms. The van der Waals surface area contributed by atoms with Crippen LogP contribution in [0.25, 0.3) is 11.4 Å². The predicted octanol–water partition coefficient (Wildman–Crippen LogP) is 3.53. The van der Waals surface area contributed by atoms with E-state index in [0.717, 1.165) is 11.4 Å². The summed E-state index contributed by atoms with van der Waals surface area (Å²) in [6.45, 7) is 6.04. The molecule has 2 heterocycles. The molecule has 3 N–H and O–H groups in total.